The van der Waals surface area contributed by atoms with Crippen molar-refractivity contribution < 1.29 is 4.79 Å². The maximum absolute atomic E-state index is 10.9. The molecule has 0 radical (unpaired) electrons. The van der Waals surface area contributed by atoms with Gasteiger partial charge in [-0.2, -0.15) is 0 Å². The Morgan fingerprint density at radius 3 is 2.71 bits per heavy atom. The molecule has 0 bridgehead atoms. The van der Waals surface area contributed by atoms with Crippen LogP contribution in [-0.2, 0) is 11.3 Å². The summed E-state index contributed by atoms with van der Waals surface area (Å²) in [6.45, 7) is 2.19. The van der Waals surface area contributed by atoms with Crippen molar-refractivity contribution in [2.24, 2.45) is 0 Å². The fourth-order valence-electron chi connectivity index (χ4n) is 2.55. The summed E-state index contributed by atoms with van der Waals surface area (Å²) in [4.78, 5) is 19.3. The number of aromatic nitrogens is 3. The van der Waals surface area contributed by atoms with Gasteiger partial charge in [-0.05, 0) is 25.1 Å². The molecule has 0 aliphatic rings. The number of carbonyl (C=O) groups excluding carboxylic acids is 1. The standard InChI is InChI=1S/C15H11Cl2N3O/c1-9-13(14-15(17)19-5-4-18-14)11-8-10(16)2-3-12(11)20(9)6-7-21/h2-5,7-8H,6H2,1H3. The summed E-state index contributed by atoms with van der Waals surface area (Å²) >= 11 is 12.3. The normalized spacial score (nSPS) is 11.0. The Morgan fingerprint density at radius 1 is 1.24 bits per heavy atom. The molecule has 6 heteroatoms. The first-order valence-electron chi connectivity index (χ1n) is 6.32. The van der Waals surface area contributed by atoms with E-state index < -0.39 is 0 Å². The number of carbonyl (C=O) groups is 1. The molecule has 0 fully saturated rings. The third-order valence-electron chi connectivity index (χ3n) is 3.43. The maximum atomic E-state index is 10.9. The zero-order chi connectivity index (χ0) is 15.0. The minimum absolute atomic E-state index is 0.266. The fraction of sp³-hybridized carbons (Fsp3) is 0.133. The molecule has 0 amide bonds. The van der Waals surface area contributed by atoms with Crippen LogP contribution in [0.5, 0.6) is 0 Å². The van der Waals surface area contributed by atoms with Crippen molar-refractivity contribution in [3.63, 3.8) is 0 Å². The lowest BCUT2D eigenvalue weighted by molar-refractivity contribution is -0.108. The van der Waals surface area contributed by atoms with E-state index in [1.54, 1.807) is 18.5 Å². The smallest absolute Gasteiger partial charge is 0.155 e. The summed E-state index contributed by atoms with van der Waals surface area (Å²) in [7, 11) is 0. The Labute approximate surface area is 131 Å². The molecule has 4 nitrogen and oxygen atoms in total. The van der Waals surface area contributed by atoms with Crippen LogP contribution in [0.4, 0.5) is 0 Å². The van der Waals surface area contributed by atoms with E-state index in [9.17, 15) is 4.79 Å². The van der Waals surface area contributed by atoms with E-state index in [0.717, 1.165) is 28.4 Å². The number of fused-ring (bicyclic) bond motifs is 1. The Balaban J connectivity index is 2.41. The van der Waals surface area contributed by atoms with E-state index in [4.69, 9.17) is 23.2 Å². The van der Waals surface area contributed by atoms with Gasteiger partial charge in [-0.15, -0.1) is 0 Å². The monoisotopic (exact) mass is 319 g/mol. The van der Waals surface area contributed by atoms with E-state index in [-0.39, 0.29) is 6.54 Å². The average Bonchev–Trinajstić information content (AvgIpc) is 2.72. The predicted molar refractivity (Wildman–Crippen MR) is 83.8 cm³/mol. The minimum atomic E-state index is 0.266. The highest BCUT2D eigenvalue weighted by molar-refractivity contribution is 6.33. The van der Waals surface area contributed by atoms with Crippen molar-refractivity contribution in [3.05, 3.63) is 46.5 Å². The van der Waals surface area contributed by atoms with Gasteiger partial charge in [0.05, 0.1) is 6.54 Å². The summed E-state index contributed by atoms with van der Waals surface area (Å²) in [6, 6.07) is 5.54. The van der Waals surface area contributed by atoms with Crippen molar-refractivity contribution in [1.29, 1.82) is 0 Å². The zero-order valence-corrected chi connectivity index (χ0v) is 12.7. The molecule has 2 heterocycles. The van der Waals surface area contributed by atoms with Crippen LogP contribution in [0.1, 0.15) is 5.69 Å². The first-order valence-corrected chi connectivity index (χ1v) is 7.08. The van der Waals surface area contributed by atoms with Gasteiger partial charge >= 0.3 is 0 Å². The highest BCUT2D eigenvalue weighted by atomic mass is 35.5. The van der Waals surface area contributed by atoms with E-state index in [0.29, 0.717) is 15.9 Å². The third kappa shape index (κ3) is 2.30. The van der Waals surface area contributed by atoms with E-state index in [1.807, 2.05) is 23.6 Å². The first kappa shape index (κ1) is 14.0. The molecule has 0 N–H and O–H groups in total. The number of benzene rings is 1. The number of nitrogens with zero attached hydrogens (tertiary/aromatic N) is 3. The molecule has 3 aromatic rings. The van der Waals surface area contributed by atoms with Gasteiger partial charge in [-0.25, -0.2) is 4.98 Å². The molecule has 2 aromatic heterocycles. The van der Waals surface area contributed by atoms with Gasteiger partial charge in [0.15, 0.2) is 5.15 Å². The van der Waals surface area contributed by atoms with Gasteiger partial charge in [-0.1, -0.05) is 23.2 Å². The summed E-state index contributed by atoms with van der Waals surface area (Å²) in [5.41, 5.74) is 3.27. The van der Waals surface area contributed by atoms with Gasteiger partial charge in [0.25, 0.3) is 0 Å². The number of hydrogen-bond acceptors (Lipinski definition) is 3. The quantitative estimate of drug-likeness (QED) is 0.687. The second kappa shape index (κ2) is 5.47. The zero-order valence-electron chi connectivity index (χ0n) is 11.2. The molecule has 0 saturated carbocycles. The van der Waals surface area contributed by atoms with E-state index in [2.05, 4.69) is 9.97 Å². The Bertz CT molecular complexity index is 842. The Hall–Kier alpha value is -1.91. The molecule has 0 spiro atoms. The molecule has 0 saturated heterocycles. The van der Waals surface area contributed by atoms with Gasteiger partial charge in [0, 0.05) is 39.6 Å². The molecular weight excluding hydrogens is 309 g/mol. The van der Waals surface area contributed by atoms with Crippen LogP contribution in [-0.4, -0.2) is 20.8 Å². The van der Waals surface area contributed by atoms with Gasteiger partial charge in [0.1, 0.15) is 12.0 Å². The largest absolute Gasteiger partial charge is 0.337 e. The Morgan fingerprint density at radius 2 is 2.00 bits per heavy atom. The van der Waals surface area contributed by atoms with Gasteiger partial charge < -0.3 is 9.36 Å². The third-order valence-corrected chi connectivity index (χ3v) is 3.94. The average molecular weight is 320 g/mol. The number of halogens is 2. The number of rotatable bonds is 3. The molecule has 0 unspecified atom stereocenters. The second-order valence-electron chi connectivity index (χ2n) is 4.59. The van der Waals surface area contributed by atoms with Crippen molar-refractivity contribution in [1.82, 2.24) is 14.5 Å². The fourth-order valence-corrected chi connectivity index (χ4v) is 2.92. The molecule has 3 rings (SSSR count). The molecule has 106 valence electrons. The van der Waals surface area contributed by atoms with Crippen molar-refractivity contribution >= 4 is 40.4 Å². The van der Waals surface area contributed by atoms with E-state index >= 15 is 0 Å². The summed E-state index contributed by atoms with van der Waals surface area (Å²) in [5, 5.41) is 1.85. The first-order chi connectivity index (χ1) is 10.1. The van der Waals surface area contributed by atoms with Gasteiger partial charge in [-0.3, -0.25) is 4.98 Å². The topological polar surface area (TPSA) is 47.8 Å². The lowest BCUT2D eigenvalue weighted by atomic mass is 10.1. The van der Waals surface area contributed by atoms with Crippen molar-refractivity contribution in [2.45, 2.75) is 13.5 Å². The molecular formula is C15H11Cl2N3O. The lowest BCUT2D eigenvalue weighted by Gasteiger charge is -2.04. The van der Waals surface area contributed by atoms with Crippen LogP contribution >= 0.6 is 23.2 Å². The number of hydrogen-bond donors (Lipinski definition) is 0. The molecule has 0 aliphatic heterocycles. The molecule has 1 aromatic carbocycles. The highest BCUT2D eigenvalue weighted by Gasteiger charge is 2.19. The van der Waals surface area contributed by atoms with Crippen molar-refractivity contribution in [3.8, 4) is 11.3 Å². The van der Waals surface area contributed by atoms with Crippen LogP contribution < -0.4 is 0 Å². The van der Waals surface area contributed by atoms with E-state index in [1.165, 1.54) is 0 Å². The summed E-state index contributed by atoms with van der Waals surface area (Å²) < 4.78 is 1.92. The van der Waals surface area contributed by atoms with Crippen LogP contribution in [0.15, 0.2) is 30.6 Å². The highest BCUT2D eigenvalue weighted by Crippen LogP contribution is 2.37. The molecule has 0 aliphatic carbocycles. The summed E-state index contributed by atoms with van der Waals surface area (Å²) in [6.07, 6.45) is 4.00. The number of aldehydes is 1. The maximum Gasteiger partial charge on any atom is 0.155 e. The van der Waals surface area contributed by atoms with Crippen LogP contribution in [0.3, 0.4) is 0 Å². The summed E-state index contributed by atoms with van der Waals surface area (Å²) in [5.74, 6) is 0. The molecule has 0 atom stereocenters. The second-order valence-corrected chi connectivity index (χ2v) is 5.39. The van der Waals surface area contributed by atoms with Crippen LogP contribution in [0, 0.1) is 6.92 Å². The molecule has 21 heavy (non-hydrogen) atoms. The van der Waals surface area contributed by atoms with Crippen LogP contribution in [0.2, 0.25) is 10.2 Å². The SMILES string of the molecule is Cc1c(-c2nccnc2Cl)c2cc(Cl)ccc2n1CC=O. The van der Waals surface area contributed by atoms with Crippen molar-refractivity contribution in [2.75, 3.05) is 0 Å². The van der Waals surface area contributed by atoms with Gasteiger partial charge in [0.2, 0.25) is 0 Å². The Kier molecular flexibility index (Phi) is 3.66. The van der Waals surface area contributed by atoms with Crippen LogP contribution in [0.25, 0.3) is 22.2 Å². The minimum Gasteiger partial charge on any atom is -0.337 e. The predicted octanol–water partition coefficient (Wildman–Crippen LogP) is 3.91. The lowest BCUT2D eigenvalue weighted by Crippen LogP contribution is -2.01.